The molecule has 0 saturated heterocycles. The minimum Gasteiger partial charge on any atom is -0.392 e. The SMILES string of the molecule is Cc1ccc(C#N)cc1S(=O)(=O)NCC(C)O. The van der Waals surface area contributed by atoms with E-state index < -0.39 is 16.1 Å². The van der Waals surface area contributed by atoms with Gasteiger partial charge in [0.1, 0.15) is 0 Å². The topological polar surface area (TPSA) is 90.2 Å². The summed E-state index contributed by atoms with van der Waals surface area (Å²) in [4.78, 5) is 0.0669. The molecule has 1 aromatic rings. The van der Waals surface area contributed by atoms with Gasteiger partial charge in [0.2, 0.25) is 10.0 Å². The van der Waals surface area contributed by atoms with Gasteiger partial charge in [-0.2, -0.15) is 5.26 Å². The molecular weight excluding hydrogens is 240 g/mol. The summed E-state index contributed by atoms with van der Waals surface area (Å²) in [6.45, 7) is 3.08. The van der Waals surface area contributed by atoms with Crippen molar-refractivity contribution >= 4 is 10.0 Å². The van der Waals surface area contributed by atoms with Crippen LogP contribution in [0.15, 0.2) is 23.1 Å². The number of hydrogen-bond acceptors (Lipinski definition) is 4. The van der Waals surface area contributed by atoms with Crippen molar-refractivity contribution in [3.63, 3.8) is 0 Å². The first-order valence-corrected chi connectivity index (χ1v) is 6.53. The normalized spacial score (nSPS) is 13.1. The molecule has 0 aliphatic heterocycles. The monoisotopic (exact) mass is 254 g/mol. The Bertz CT molecular complexity index is 544. The van der Waals surface area contributed by atoms with Gasteiger partial charge >= 0.3 is 0 Å². The Morgan fingerprint density at radius 3 is 2.71 bits per heavy atom. The molecule has 1 rings (SSSR count). The molecule has 92 valence electrons. The van der Waals surface area contributed by atoms with Crippen molar-refractivity contribution < 1.29 is 13.5 Å². The van der Waals surface area contributed by atoms with Crippen molar-refractivity contribution in [2.24, 2.45) is 0 Å². The summed E-state index contributed by atoms with van der Waals surface area (Å²) in [7, 11) is -3.68. The number of nitrogens with zero attached hydrogens (tertiary/aromatic N) is 1. The Morgan fingerprint density at radius 2 is 2.18 bits per heavy atom. The van der Waals surface area contributed by atoms with E-state index in [1.807, 2.05) is 6.07 Å². The smallest absolute Gasteiger partial charge is 0.240 e. The van der Waals surface area contributed by atoms with Crippen molar-refractivity contribution in [1.29, 1.82) is 5.26 Å². The number of nitrogens with one attached hydrogen (secondary N) is 1. The average Bonchev–Trinajstić information content (AvgIpc) is 2.27. The fourth-order valence-electron chi connectivity index (χ4n) is 1.27. The third kappa shape index (κ3) is 3.53. The van der Waals surface area contributed by atoms with Gasteiger partial charge in [-0.05, 0) is 31.5 Å². The van der Waals surface area contributed by atoms with Crippen molar-refractivity contribution in [3.8, 4) is 6.07 Å². The molecule has 1 aromatic carbocycles. The van der Waals surface area contributed by atoms with E-state index in [1.54, 1.807) is 19.1 Å². The first-order chi connectivity index (χ1) is 7.86. The van der Waals surface area contributed by atoms with Crippen molar-refractivity contribution in [2.45, 2.75) is 24.8 Å². The molecular formula is C11H14N2O3S. The first kappa shape index (κ1) is 13.6. The number of sulfonamides is 1. The van der Waals surface area contributed by atoms with Gasteiger partial charge in [0.25, 0.3) is 0 Å². The van der Waals surface area contributed by atoms with Gasteiger partial charge in [0.05, 0.1) is 22.6 Å². The Hall–Kier alpha value is -1.42. The largest absolute Gasteiger partial charge is 0.392 e. The summed E-state index contributed by atoms with van der Waals surface area (Å²) in [6, 6.07) is 6.35. The fraction of sp³-hybridized carbons (Fsp3) is 0.364. The van der Waals surface area contributed by atoms with Gasteiger partial charge in [-0.1, -0.05) is 6.07 Å². The number of aliphatic hydroxyl groups is 1. The van der Waals surface area contributed by atoms with Crippen LogP contribution in [-0.4, -0.2) is 26.2 Å². The maximum Gasteiger partial charge on any atom is 0.240 e. The number of benzene rings is 1. The molecule has 0 bridgehead atoms. The van der Waals surface area contributed by atoms with Crippen molar-refractivity contribution in [1.82, 2.24) is 4.72 Å². The Labute approximate surface area is 101 Å². The lowest BCUT2D eigenvalue weighted by atomic mass is 10.2. The van der Waals surface area contributed by atoms with Crippen LogP contribution in [-0.2, 0) is 10.0 Å². The maximum atomic E-state index is 11.9. The van der Waals surface area contributed by atoms with E-state index in [2.05, 4.69) is 4.72 Å². The molecule has 6 heteroatoms. The van der Waals surface area contributed by atoms with Crippen LogP contribution in [0.1, 0.15) is 18.1 Å². The van der Waals surface area contributed by atoms with Crippen LogP contribution in [0.25, 0.3) is 0 Å². The van der Waals surface area contributed by atoms with E-state index in [1.165, 1.54) is 13.0 Å². The Kier molecular flexibility index (Phi) is 4.23. The summed E-state index contributed by atoms with van der Waals surface area (Å²) in [5, 5.41) is 17.8. The minimum atomic E-state index is -3.68. The molecule has 0 radical (unpaired) electrons. The van der Waals surface area contributed by atoms with Gasteiger partial charge in [-0.3, -0.25) is 0 Å². The van der Waals surface area contributed by atoms with Gasteiger partial charge in [0, 0.05) is 6.54 Å². The van der Waals surface area contributed by atoms with Crippen LogP contribution < -0.4 is 4.72 Å². The Balaban J connectivity index is 3.11. The highest BCUT2D eigenvalue weighted by Gasteiger charge is 2.17. The van der Waals surface area contributed by atoms with Crippen LogP contribution in [0.5, 0.6) is 0 Å². The summed E-state index contributed by atoms with van der Waals surface area (Å²) in [5.41, 5.74) is 0.843. The molecule has 0 fully saturated rings. The summed E-state index contributed by atoms with van der Waals surface area (Å²) in [6.07, 6.45) is -0.760. The molecule has 0 saturated carbocycles. The van der Waals surface area contributed by atoms with E-state index in [0.717, 1.165) is 0 Å². The van der Waals surface area contributed by atoms with Gasteiger partial charge < -0.3 is 5.11 Å². The predicted octanol–water partition coefficient (Wildman–Crippen LogP) is 0.526. The van der Waals surface area contributed by atoms with Crippen LogP contribution in [0.2, 0.25) is 0 Å². The minimum absolute atomic E-state index is 0.0570. The molecule has 1 atom stereocenters. The molecule has 0 aliphatic rings. The molecule has 17 heavy (non-hydrogen) atoms. The number of aliphatic hydroxyl groups excluding tert-OH is 1. The summed E-state index contributed by atoms with van der Waals surface area (Å²) < 4.78 is 26.1. The third-order valence-corrected chi connectivity index (χ3v) is 3.74. The maximum absolute atomic E-state index is 11.9. The molecule has 2 N–H and O–H groups in total. The fourth-order valence-corrected chi connectivity index (χ4v) is 2.66. The number of nitriles is 1. The van der Waals surface area contributed by atoms with E-state index in [9.17, 15) is 8.42 Å². The standard InChI is InChI=1S/C11H14N2O3S/c1-8-3-4-10(6-12)5-11(8)17(15,16)13-7-9(2)14/h3-5,9,13-14H,7H2,1-2H3. The number of rotatable bonds is 4. The molecule has 1 unspecified atom stereocenters. The molecule has 0 heterocycles. The van der Waals surface area contributed by atoms with E-state index in [0.29, 0.717) is 5.56 Å². The second kappa shape index (κ2) is 5.27. The molecule has 0 aliphatic carbocycles. The summed E-state index contributed by atoms with van der Waals surface area (Å²) in [5.74, 6) is 0. The van der Waals surface area contributed by atoms with Crippen molar-refractivity contribution in [3.05, 3.63) is 29.3 Å². The van der Waals surface area contributed by atoms with Crippen molar-refractivity contribution in [2.75, 3.05) is 6.54 Å². The highest BCUT2D eigenvalue weighted by Crippen LogP contribution is 2.16. The quantitative estimate of drug-likeness (QED) is 0.820. The lowest BCUT2D eigenvalue weighted by Gasteiger charge is -2.10. The molecule has 0 aromatic heterocycles. The van der Waals surface area contributed by atoms with E-state index >= 15 is 0 Å². The predicted molar refractivity (Wildman–Crippen MR) is 62.8 cm³/mol. The number of aryl methyl sites for hydroxylation is 1. The Morgan fingerprint density at radius 1 is 1.53 bits per heavy atom. The van der Waals surface area contributed by atoms with Crippen LogP contribution in [0.3, 0.4) is 0 Å². The second-order valence-electron chi connectivity index (χ2n) is 3.79. The van der Waals surface area contributed by atoms with Gasteiger partial charge in [0.15, 0.2) is 0 Å². The van der Waals surface area contributed by atoms with Gasteiger partial charge in [-0.15, -0.1) is 0 Å². The molecule has 5 nitrogen and oxygen atoms in total. The first-order valence-electron chi connectivity index (χ1n) is 5.05. The van der Waals surface area contributed by atoms with Crippen LogP contribution in [0, 0.1) is 18.3 Å². The molecule has 0 spiro atoms. The highest BCUT2D eigenvalue weighted by molar-refractivity contribution is 7.89. The molecule has 0 amide bonds. The van der Waals surface area contributed by atoms with Gasteiger partial charge in [-0.25, -0.2) is 13.1 Å². The lowest BCUT2D eigenvalue weighted by Crippen LogP contribution is -2.31. The summed E-state index contributed by atoms with van der Waals surface area (Å²) >= 11 is 0. The van der Waals surface area contributed by atoms with Crippen LogP contribution >= 0.6 is 0 Å². The lowest BCUT2D eigenvalue weighted by molar-refractivity contribution is 0.198. The van der Waals surface area contributed by atoms with E-state index in [-0.39, 0.29) is 17.0 Å². The average molecular weight is 254 g/mol. The van der Waals surface area contributed by atoms with Crippen LogP contribution in [0.4, 0.5) is 0 Å². The zero-order chi connectivity index (χ0) is 13.1. The zero-order valence-electron chi connectivity index (χ0n) is 9.64. The third-order valence-electron chi connectivity index (χ3n) is 2.18. The number of hydrogen-bond donors (Lipinski definition) is 2. The van der Waals surface area contributed by atoms with E-state index in [4.69, 9.17) is 10.4 Å². The highest BCUT2D eigenvalue weighted by atomic mass is 32.2. The second-order valence-corrected chi connectivity index (χ2v) is 5.53. The zero-order valence-corrected chi connectivity index (χ0v) is 10.5.